The molecule has 2 aromatic carbocycles. The Balaban J connectivity index is 1.67. The molecule has 1 aliphatic heterocycles. The summed E-state index contributed by atoms with van der Waals surface area (Å²) < 4.78 is 10.5. The SMILES string of the molecule is COc1ccc(/C=C/C(=O)Nc2cccc(C(=O)N3CCCC3)c2)c(OC)c1. The van der Waals surface area contributed by atoms with Crippen LogP contribution in [-0.2, 0) is 4.79 Å². The molecule has 1 fully saturated rings. The van der Waals surface area contributed by atoms with Gasteiger partial charge in [-0.3, -0.25) is 9.59 Å². The van der Waals surface area contributed by atoms with E-state index in [0.29, 0.717) is 22.7 Å². The average Bonchev–Trinajstić information content (AvgIpc) is 3.26. The first-order chi connectivity index (χ1) is 13.6. The number of nitrogens with one attached hydrogen (secondary N) is 1. The van der Waals surface area contributed by atoms with Crippen molar-refractivity contribution in [3.63, 3.8) is 0 Å². The molecule has 1 aliphatic rings. The molecular weight excluding hydrogens is 356 g/mol. The number of carbonyl (C=O) groups is 2. The van der Waals surface area contributed by atoms with E-state index in [9.17, 15) is 9.59 Å². The normalized spacial score (nSPS) is 13.6. The lowest BCUT2D eigenvalue weighted by molar-refractivity contribution is -0.111. The van der Waals surface area contributed by atoms with Crippen LogP contribution < -0.4 is 14.8 Å². The fourth-order valence-electron chi connectivity index (χ4n) is 3.14. The monoisotopic (exact) mass is 380 g/mol. The molecule has 0 bridgehead atoms. The lowest BCUT2D eigenvalue weighted by Gasteiger charge is -2.15. The van der Waals surface area contributed by atoms with Gasteiger partial charge in [-0.1, -0.05) is 6.07 Å². The second-order valence-electron chi connectivity index (χ2n) is 6.51. The third-order valence-corrected chi connectivity index (χ3v) is 4.63. The van der Waals surface area contributed by atoms with Crippen LogP contribution in [0.3, 0.4) is 0 Å². The molecule has 0 atom stereocenters. The fraction of sp³-hybridized carbons (Fsp3) is 0.273. The third kappa shape index (κ3) is 4.71. The summed E-state index contributed by atoms with van der Waals surface area (Å²) in [7, 11) is 3.15. The van der Waals surface area contributed by atoms with Crippen LogP contribution in [-0.4, -0.2) is 44.0 Å². The quantitative estimate of drug-likeness (QED) is 0.778. The Labute approximate surface area is 164 Å². The standard InChI is InChI=1S/C22H24N2O4/c1-27-19-10-8-16(20(15-19)28-2)9-11-21(25)23-18-7-5-6-17(14-18)22(26)24-12-3-4-13-24/h5-11,14-15H,3-4,12-13H2,1-2H3,(H,23,25)/b11-9+. The molecule has 28 heavy (non-hydrogen) atoms. The predicted molar refractivity (Wildman–Crippen MR) is 109 cm³/mol. The Morgan fingerprint density at radius 2 is 1.82 bits per heavy atom. The molecule has 6 heteroatoms. The molecule has 146 valence electrons. The first-order valence-electron chi connectivity index (χ1n) is 9.21. The van der Waals surface area contributed by atoms with Gasteiger partial charge in [-0.2, -0.15) is 0 Å². The van der Waals surface area contributed by atoms with Gasteiger partial charge >= 0.3 is 0 Å². The Morgan fingerprint density at radius 3 is 2.54 bits per heavy atom. The maximum absolute atomic E-state index is 12.5. The smallest absolute Gasteiger partial charge is 0.253 e. The highest BCUT2D eigenvalue weighted by atomic mass is 16.5. The van der Waals surface area contributed by atoms with Gasteiger partial charge in [0.25, 0.3) is 5.91 Å². The van der Waals surface area contributed by atoms with Crippen molar-refractivity contribution < 1.29 is 19.1 Å². The zero-order valence-corrected chi connectivity index (χ0v) is 16.1. The number of carbonyl (C=O) groups excluding carboxylic acids is 2. The van der Waals surface area contributed by atoms with Crippen LogP contribution >= 0.6 is 0 Å². The number of nitrogens with zero attached hydrogens (tertiary/aromatic N) is 1. The molecule has 0 aliphatic carbocycles. The molecular formula is C22H24N2O4. The van der Waals surface area contributed by atoms with E-state index in [1.165, 1.54) is 6.08 Å². The van der Waals surface area contributed by atoms with Crippen LogP contribution in [0.1, 0.15) is 28.8 Å². The third-order valence-electron chi connectivity index (χ3n) is 4.63. The van der Waals surface area contributed by atoms with Crippen molar-refractivity contribution in [1.29, 1.82) is 0 Å². The van der Waals surface area contributed by atoms with Gasteiger partial charge in [-0.25, -0.2) is 0 Å². The fourth-order valence-corrected chi connectivity index (χ4v) is 3.14. The second-order valence-corrected chi connectivity index (χ2v) is 6.51. The number of methoxy groups -OCH3 is 2. The van der Waals surface area contributed by atoms with Gasteiger partial charge in [-0.05, 0) is 49.2 Å². The number of likely N-dealkylation sites (tertiary alicyclic amines) is 1. The molecule has 1 N–H and O–H groups in total. The summed E-state index contributed by atoms with van der Waals surface area (Å²) in [5.74, 6) is 1.01. The second kappa shape index (κ2) is 9.08. The topological polar surface area (TPSA) is 67.9 Å². The van der Waals surface area contributed by atoms with Crippen LogP contribution in [0.25, 0.3) is 6.08 Å². The number of benzene rings is 2. The minimum atomic E-state index is -0.288. The molecule has 0 saturated carbocycles. The summed E-state index contributed by atoms with van der Waals surface area (Å²) in [6, 6.07) is 12.4. The summed E-state index contributed by atoms with van der Waals surface area (Å²) in [5, 5.41) is 2.80. The highest BCUT2D eigenvalue weighted by molar-refractivity contribution is 6.03. The van der Waals surface area contributed by atoms with Crippen molar-refractivity contribution in [1.82, 2.24) is 4.90 Å². The minimum absolute atomic E-state index is 0.00658. The van der Waals surface area contributed by atoms with Crippen molar-refractivity contribution in [2.45, 2.75) is 12.8 Å². The van der Waals surface area contributed by atoms with Gasteiger partial charge in [-0.15, -0.1) is 0 Å². The van der Waals surface area contributed by atoms with E-state index in [-0.39, 0.29) is 11.8 Å². The van der Waals surface area contributed by atoms with Gasteiger partial charge < -0.3 is 19.7 Å². The number of hydrogen-bond donors (Lipinski definition) is 1. The van der Waals surface area contributed by atoms with E-state index in [0.717, 1.165) is 31.5 Å². The van der Waals surface area contributed by atoms with Crippen molar-refractivity contribution in [2.24, 2.45) is 0 Å². The van der Waals surface area contributed by atoms with E-state index >= 15 is 0 Å². The Morgan fingerprint density at radius 1 is 1.04 bits per heavy atom. The van der Waals surface area contributed by atoms with Crippen LogP contribution in [0.4, 0.5) is 5.69 Å². The van der Waals surface area contributed by atoms with Gasteiger partial charge in [0.15, 0.2) is 0 Å². The largest absolute Gasteiger partial charge is 0.497 e. The Hall–Kier alpha value is -3.28. The van der Waals surface area contributed by atoms with Gasteiger partial charge in [0.05, 0.1) is 14.2 Å². The summed E-state index contributed by atoms with van der Waals surface area (Å²) in [6.07, 6.45) is 5.19. The molecule has 0 radical (unpaired) electrons. The lowest BCUT2D eigenvalue weighted by Crippen LogP contribution is -2.27. The number of anilines is 1. The minimum Gasteiger partial charge on any atom is -0.497 e. The van der Waals surface area contributed by atoms with Crippen LogP contribution in [0, 0.1) is 0 Å². The van der Waals surface area contributed by atoms with E-state index in [1.807, 2.05) is 11.0 Å². The number of amides is 2. The van der Waals surface area contributed by atoms with E-state index < -0.39 is 0 Å². The highest BCUT2D eigenvalue weighted by Crippen LogP contribution is 2.25. The molecule has 3 rings (SSSR count). The molecule has 0 unspecified atom stereocenters. The molecule has 2 amide bonds. The van der Waals surface area contributed by atoms with Crippen molar-refractivity contribution in [3.05, 3.63) is 59.7 Å². The number of rotatable bonds is 6. The summed E-state index contributed by atoms with van der Waals surface area (Å²) >= 11 is 0. The summed E-state index contributed by atoms with van der Waals surface area (Å²) in [6.45, 7) is 1.59. The predicted octanol–water partition coefficient (Wildman–Crippen LogP) is 3.59. The zero-order chi connectivity index (χ0) is 19.9. The van der Waals surface area contributed by atoms with Crippen molar-refractivity contribution in [2.75, 3.05) is 32.6 Å². The van der Waals surface area contributed by atoms with E-state index in [1.54, 1.807) is 56.7 Å². The van der Waals surface area contributed by atoms with Gasteiger partial charge in [0, 0.05) is 42.0 Å². The first kappa shape index (κ1) is 19.5. The van der Waals surface area contributed by atoms with Crippen LogP contribution in [0.2, 0.25) is 0 Å². The zero-order valence-electron chi connectivity index (χ0n) is 16.1. The molecule has 1 heterocycles. The molecule has 0 spiro atoms. The highest BCUT2D eigenvalue weighted by Gasteiger charge is 2.19. The van der Waals surface area contributed by atoms with Crippen molar-refractivity contribution >= 4 is 23.6 Å². The van der Waals surface area contributed by atoms with Crippen molar-refractivity contribution in [3.8, 4) is 11.5 Å². The van der Waals surface area contributed by atoms with Crippen LogP contribution in [0.5, 0.6) is 11.5 Å². The first-order valence-corrected chi connectivity index (χ1v) is 9.21. The summed E-state index contributed by atoms with van der Waals surface area (Å²) in [4.78, 5) is 26.6. The number of hydrogen-bond acceptors (Lipinski definition) is 4. The Bertz CT molecular complexity index is 886. The summed E-state index contributed by atoms with van der Waals surface area (Å²) in [5.41, 5.74) is 1.93. The van der Waals surface area contributed by atoms with Gasteiger partial charge in [0.2, 0.25) is 5.91 Å². The molecule has 1 saturated heterocycles. The van der Waals surface area contributed by atoms with Crippen LogP contribution in [0.15, 0.2) is 48.5 Å². The lowest BCUT2D eigenvalue weighted by atomic mass is 10.1. The Kier molecular flexibility index (Phi) is 6.32. The maximum atomic E-state index is 12.5. The molecule has 0 aromatic heterocycles. The maximum Gasteiger partial charge on any atom is 0.253 e. The molecule has 2 aromatic rings. The number of ether oxygens (including phenoxy) is 2. The molecule has 6 nitrogen and oxygen atoms in total. The van der Waals surface area contributed by atoms with E-state index in [4.69, 9.17) is 9.47 Å². The van der Waals surface area contributed by atoms with Gasteiger partial charge in [0.1, 0.15) is 11.5 Å². The average molecular weight is 380 g/mol. The van der Waals surface area contributed by atoms with E-state index in [2.05, 4.69) is 5.32 Å².